The zero-order valence-corrected chi connectivity index (χ0v) is 11.6. The van der Waals surface area contributed by atoms with Gasteiger partial charge in [-0.3, -0.25) is 0 Å². The Bertz CT molecular complexity index is 405. The van der Waals surface area contributed by atoms with E-state index in [4.69, 9.17) is 9.47 Å². The third-order valence-electron chi connectivity index (χ3n) is 3.63. The molecule has 1 N–H and O–H groups in total. The summed E-state index contributed by atoms with van der Waals surface area (Å²) in [6, 6.07) is 4.93. The standard InChI is InChI=1S/C15H22FNO2/c1-3-17-15(11-6-5-9-19-10-11)14-12(16)7-4-8-13(14)18-2/h4,7-8,11,15,17H,3,5-6,9-10H2,1-2H3. The molecule has 1 aromatic rings. The third-order valence-corrected chi connectivity index (χ3v) is 3.63. The molecule has 0 amide bonds. The number of rotatable bonds is 5. The second kappa shape index (κ2) is 6.87. The van der Waals surface area contributed by atoms with Crippen LogP contribution in [0.1, 0.15) is 31.4 Å². The van der Waals surface area contributed by atoms with Gasteiger partial charge < -0.3 is 14.8 Å². The fourth-order valence-electron chi connectivity index (χ4n) is 2.75. The minimum absolute atomic E-state index is 0.0542. The van der Waals surface area contributed by atoms with Crippen LogP contribution in [0.5, 0.6) is 5.75 Å². The lowest BCUT2D eigenvalue weighted by Crippen LogP contribution is -2.34. The van der Waals surface area contributed by atoms with Crippen LogP contribution in [0.2, 0.25) is 0 Å². The van der Waals surface area contributed by atoms with Crippen LogP contribution >= 0.6 is 0 Å². The van der Waals surface area contributed by atoms with E-state index in [1.807, 2.05) is 13.0 Å². The molecule has 0 spiro atoms. The van der Waals surface area contributed by atoms with E-state index in [1.165, 1.54) is 6.07 Å². The summed E-state index contributed by atoms with van der Waals surface area (Å²) in [6.45, 7) is 4.31. The molecule has 2 rings (SSSR count). The molecular formula is C15H22FNO2. The summed E-state index contributed by atoms with van der Waals surface area (Å²) < 4.78 is 25.1. The molecule has 1 fully saturated rings. The first-order chi connectivity index (χ1) is 9.27. The van der Waals surface area contributed by atoms with Gasteiger partial charge in [0.1, 0.15) is 11.6 Å². The topological polar surface area (TPSA) is 30.5 Å². The Morgan fingerprint density at radius 3 is 3.00 bits per heavy atom. The van der Waals surface area contributed by atoms with E-state index in [-0.39, 0.29) is 11.9 Å². The Morgan fingerprint density at radius 2 is 2.37 bits per heavy atom. The van der Waals surface area contributed by atoms with E-state index >= 15 is 0 Å². The van der Waals surface area contributed by atoms with Crippen LogP contribution in [0, 0.1) is 11.7 Å². The number of hydrogen-bond acceptors (Lipinski definition) is 3. The number of benzene rings is 1. The lowest BCUT2D eigenvalue weighted by atomic mass is 9.88. The van der Waals surface area contributed by atoms with E-state index in [1.54, 1.807) is 13.2 Å². The van der Waals surface area contributed by atoms with Crippen LogP contribution in [-0.2, 0) is 4.74 Å². The second-order valence-electron chi connectivity index (χ2n) is 4.87. The highest BCUT2D eigenvalue weighted by atomic mass is 19.1. The molecule has 1 saturated heterocycles. The molecule has 2 atom stereocenters. The molecule has 0 aromatic heterocycles. The van der Waals surface area contributed by atoms with Crippen LogP contribution in [-0.4, -0.2) is 26.9 Å². The van der Waals surface area contributed by atoms with Crippen molar-refractivity contribution < 1.29 is 13.9 Å². The Balaban J connectivity index is 2.32. The number of methoxy groups -OCH3 is 1. The fraction of sp³-hybridized carbons (Fsp3) is 0.600. The molecule has 1 heterocycles. The molecule has 2 unspecified atom stereocenters. The van der Waals surface area contributed by atoms with Crippen LogP contribution in [0.25, 0.3) is 0 Å². The van der Waals surface area contributed by atoms with Crippen LogP contribution < -0.4 is 10.1 Å². The van der Waals surface area contributed by atoms with Gasteiger partial charge in [0, 0.05) is 24.1 Å². The van der Waals surface area contributed by atoms with Gasteiger partial charge in [0.15, 0.2) is 0 Å². The van der Waals surface area contributed by atoms with Gasteiger partial charge in [0.2, 0.25) is 0 Å². The van der Waals surface area contributed by atoms with Crippen molar-refractivity contribution in [1.82, 2.24) is 5.32 Å². The van der Waals surface area contributed by atoms with Gasteiger partial charge in [-0.2, -0.15) is 0 Å². The highest BCUT2D eigenvalue weighted by molar-refractivity contribution is 5.37. The smallest absolute Gasteiger partial charge is 0.131 e. The van der Waals surface area contributed by atoms with Crippen molar-refractivity contribution in [3.05, 3.63) is 29.6 Å². The summed E-state index contributed by atoms with van der Waals surface area (Å²) in [7, 11) is 1.58. The quantitative estimate of drug-likeness (QED) is 0.889. The third kappa shape index (κ3) is 3.25. The summed E-state index contributed by atoms with van der Waals surface area (Å²) in [4.78, 5) is 0. The predicted octanol–water partition coefficient (Wildman–Crippen LogP) is 2.91. The van der Waals surface area contributed by atoms with Crippen LogP contribution in [0.3, 0.4) is 0 Å². The lowest BCUT2D eigenvalue weighted by molar-refractivity contribution is 0.0384. The van der Waals surface area contributed by atoms with Gasteiger partial charge in [-0.1, -0.05) is 13.0 Å². The molecular weight excluding hydrogens is 245 g/mol. The van der Waals surface area contributed by atoms with Gasteiger partial charge in [0.25, 0.3) is 0 Å². The predicted molar refractivity (Wildman–Crippen MR) is 72.9 cm³/mol. The molecule has 1 aliphatic rings. The number of nitrogens with one attached hydrogen (secondary N) is 1. The molecule has 0 radical (unpaired) electrons. The zero-order chi connectivity index (χ0) is 13.7. The maximum absolute atomic E-state index is 14.2. The van der Waals surface area contributed by atoms with Gasteiger partial charge in [-0.25, -0.2) is 4.39 Å². The summed E-state index contributed by atoms with van der Waals surface area (Å²) in [5.41, 5.74) is 0.627. The largest absolute Gasteiger partial charge is 0.496 e. The number of ether oxygens (including phenoxy) is 2. The van der Waals surface area contributed by atoms with E-state index in [9.17, 15) is 4.39 Å². The Labute approximate surface area is 114 Å². The maximum Gasteiger partial charge on any atom is 0.131 e. The minimum Gasteiger partial charge on any atom is -0.496 e. The van der Waals surface area contributed by atoms with Crippen molar-refractivity contribution in [2.45, 2.75) is 25.8 Å². The molecule has 0 bridgehead atoms. The Hall–Kier alpha value is -1.13. The number of hydrogen-bond donors (Lipinski definition) is 1. The molecule has 1 aliphatic heterocycles. The first kappa shape index (κ1) is 14.3. The highest BCUT2D eigenvalue weighted by Gasteiger charge is 2.29. The van der Waals surface area contributed by atoms with Gasteiger partial charge in [0.05, 0.1) is 13.7 Å². The van der Waals surface area contributed by atoms with Crippen molar-refractivity contribution in [3.8, 4) is 5.75 Å². The summed E-state index contributed by atoms with van der Waals surface area (Å²) >= 11 is 0. The van der Waals surface area contributed by atoms with Gasteiger partial charge in [-0.15, -0.1) is 0 Å². The molecule has 1 aromatic carbocycles. The molecule has 19 heavy (non-hydrogen) atoms. The van der Waals surface area contributed by atoms with E-state index in [2.05, 4.69) is 5.32 Å². The molecule has 3 nitrogen and oxygen atoms in total. The first-order valence-electron chi connectivity index (χ1n) is 6.91. The molecule has 0 aliphatic carbocycles. The fourth-order valence-corrected chi connectivity index (χ4v) is 2.75. The minimum atomic E-state index is -0.212. The van der Waals surface area contributed by atoms with Crippen molar-refractivity contribution in [2.24, 2.45) is 5.92 Å². The SMILES string of the molecule is CCNC(c1c(F)cccc1OC)C1CCCOC1. The molecule has 4 heteroatoms. The zero-order valence-electron chi connectivity index (χ0n) is 11.6. The van der Waals surface area contributed by atoms with Crippen molar-refractivity contribution in [3.63, 3.8) is 0 Å². The van der Waals surface area contributed by atoms with E-state index in [0.717, 1.165) is 26.0 Å². The normalized spacial score (nSPS) is 21.1. The van der Waals surface area contributed by atoms with Crippen molar-refractivity contribution in [2.75, 3.05) is 26.9 Å². The van der Waals surface area contributed by atoms with Crippen molar-refractivity contribution in [1.29, 1.82) is 0 Å². The van der Waals surface area contributed by atoms with E-state index in [0.29, 0.717) is 23.8 Å². The molecule has 106 valence electrons. The maximum atomic E-state index is 14.2. The lowest BCUT2D eigenvalue weighted by Gasteiger charge is -2.32. The summed E-state index contributed by atoms with van der Waals surface area (Å²) in [5.74, 6) is 0.687. The van der Waals surface area contributed by atoms with Crippen LogP contribution in [0.4, 0.5) is 4.39 Å². The first-order valence-corrected chi connectivity index (χ1v) is 6.91. The summed E-state index contributed by atoms with van der Waals surface area (Å²) in [6.07, 6.45) is 2.08. The summed E-state index contributed by atoms with van der Waals surface area (Å²) in [5, 5.41) is 3.38. The molecule has 0 saturated carbocycles. The van der Waals surface area contributed by atoms with Crippen LogP contribution in [0.15, 0.2) is 18.2 Å². The average molecular weight is 267 g/mol. The van der Waals surface area contributed by atoms with E-state index < -0.39 is 0 Å². The average Bonchev–Trinajstić information content (AvgIpc) is 2.46. The monoisotopic (exact) mass is 267 g/mol. The van der Waals surface area contributed by atoms with Gasteiger partial charge in [-0.05, 0) is 31.5 Å². The Kier molecular flexibility index (Phi) is 5.16. The van der Waals surface area contributed by atoms with Gasteiger partial charge >= 0.3 is 0 Å². The second-order valence-corrected chi connectivity index (χ2v) is 4.87. The highest BCUT2D eigenvalue weighted by Crippen LogP contribution is 2.35. The number of halogens is 1. The Morgan fingerprint density at radius 1 is 1.53 bits per heavy atom. The van der Waals surface area contributed by atoms with Crippen molar-refractivity contribution >= 4 is 0 Å².